The molecule has 18 heavy (non-hydrogen) atoms. The van der Waals surface area contributed by atoms with Gasteiger partial charge >= 0.3 is 0 Å². The van der Waals surface area contributed by atoms with Crippen LogP contribution in [0.25, 0.3) is 0 Å². The van der Waals surface area contributed by atoms with Gasteiger partial charge in [0, 0.05) is 4.75 Å². The maximum Gasteiger partial charge on any atom is 0.0786 e. The molecule has 0 radical (unpaired) electrons. The highest BCUT2D eigenvalue weighted by atomic mass is 32.2. The van der Waals surface area contributed by atoms with Gasteiger partial charge < -0.3 is 0 Å². The first-order valence-corrected chi connectivity index (χ1v) is 6.97. The Bertz CT molecular complexity index is 467. The number of hydrogen-bond donors (Lipinski definition) is 0. The van der Waals surface area contributed by atoms with Crippen molar-refractivity contribution in [3.05, 3.63) is 72.9 Å². The van der Waals surface area contributed by atoms with Crippen molar-refractivity contribution < 1.29 is 0 Å². The monoisotopic (exact) mass is 274 g/mol. The van der Waals surface area contributed by atoms with Gasteiger partial charge in [0.1, 0.15) is 0 Å². The molecule has 0 atom stereocenters. The van der Waals surface area contributed by atoms with Gasteiger partial charge in [-0.05, 0) is 25.0 Å². The van der Waals surface area contributed by atoms with E-state index in [1.165, 1.54) is 0 Å². The van der Waals surface area contributed by atoms with Crippen LogP contribution in [0.3, 0.4) is 0 Å². The first-order chi connectivity index (χ1) is 8.51. The fourth-order valence-electron chi connectivity index (χ4n) is 1.57. The molecule has 0 fully saturated rings. The van der Waals surface area contributed by atoms with Gasteiger partial charge in [-0.15, -0.1) is 11.8 Å². The molecule has 0 aliphatic heterocycles. The quantitative estimate of drug-likeness (QED) is 0.536. The normalized spacial score (nSPS) is 12.0. The Morgan fingerprint density at radius 1 is 1.22 bits per heavy atom. The molecular weight excluding hydrogens is 256 g/mol. The van der Waals surface area contributed by atoms with Gasteiger partial charge in [0.15, 0.2) is 0 Å². The maximum absolute atomic E-state index is 5.50. The summed E-state index contributed by atoms with van der Waals surface area (Å²) < 4.78 is 0.792. The van der Waals surface area contributed by atoms with E-state index >= 15 is 0 Å². The summed E-state index contributed by atoms with van der Waals surface area (Å²) in [7, 11) is 0. The van der Waals surface area contributed by atoms with Crippen LogP contribution in [0.5, 0.6) is 0 Å². The lowest BCUT2D eigenvalue weighted by Crippen LogP contribution is -2.19. The molecule has 0 aliphatic carbocycles. The Balaban J connectivity index is 2.89. The molecule has 2 heteroatoms. The lowest BCUT2D eigenvalue weighted by atomic mass is 10.0. The largest absolute Gasteiger partial charge is 0.103 e. The van der Waals surface area contributed by atoms with Crippen LogP contribution >= 0.6 is 24.0 Å². The lowest BCUT2D eigenvalue weighted by Gasteiger charge is -2.25. The number of rotatable bonds is 5. The van der Waals surface area contributed by atoms with Crippen molar-refractivity contribution in [2.24, 2.45) is 0 Å². The van der Waals surface area contributed by atoms with Crippen LogP contribution < -0.4 is 0 Å². The molecule has 94 valence electrons. The third-order valence-corrected chi connectivity index (χ3v) is 4.22. The number of thiocarbonyl (C=S) groups is 1. The van der Waals surface area contributed by atoms with E-state index in [0.29, 0.717) is 0 Å². The average Bonchev–Trinajstić information content (AvgIpc) is 2.36. The van der Waals surface area contributed by atoms with E-state index in [1.807, 2.05) is 42.5 Å². The van der Waals surface area contributed by atoms with Gasteiger partial charge in [0.05, 0.1) is 4.20 Å². The number of benzene rings is 1. The molecule has 1 rings (SSSR count). The fourth-order valence-corrected chi connectivity index (χ4v) is 3.31. The summed E-state index contributed by atoms with van der Waals surface area (Å²) in [6.07, 6.45) is 5.63. The maximum atomic E-state index is 5.50. The van der Waals surface area contributed by atoms with E-state index in [2.05, 4.69) is 27.0 Å². The third-order valence-electron chi connectivity index (χ3n) is 2.57. The first-order valence-electron chi connectivity index (χ1n) is 5.75. The summed E-state index contributed by atoms with van der Waals surface area (Å²) in [6, 6.07) is 10.1. The Labute approximate surface area is 119 Å². The third kappa shape index (κ3) is 3.97. The zero-order valence-electron chi connectivity index (χ0n) is 10.8. The van der Waals surface area contributed by atoms with Gasteiger partial charge in [-0.1, -0.05) is 73.9 Å². The SMILES string of the molecule is C=C/C=C(\C=C)C(C)(C)SC(=S)c1ccccc1. The first kappa shape index (κ1) is 14.9. The van der Waals surface area contributed by atoms with Crippen LogP contribution in [0.15, 0.2) is 67.3 Å². The number of allylic oxidation sites excluding steroid dienone is 3. The molecule has 0 heterocycles. The van der Waals surface area contributed by atoms with E-state index in [1.54, 1.807) is 17.8 Å². The van der Waals surface area contributed by atoms with Crippen LogP contribution in [0, 0.1) is 0 Å². The van der Waals surface area contributed by atoms with Crippen LogP contribution in [-0.2, 0) is 0 Å². The van der Waals surface area contributed by atoms with E-state index < -0.39 is 0 Å². The Morgan fingerprint density at radius 2 is 1.83 bits per heavy atom. The van der Waals surface area contributed by atoms with Crippen molar-refractivity contribution in [3.63, 3.8) is 0 Å². The summed E-state index contributed by atoms with van der Waals surface area (Å²) in [5.41, 5.74) is 2.22. The van der Waals surface area contributed by atoms with Crippen molar-refractivity contribution in [1.82, 2.24) is 0 Å². The predicted octanol–water partition coefficient (Wildman–Crippen LogP) is 5.17. The molecule has 0 aromatic heterocycles. The van der Waals surface area contributed by atoms with Gasteiger partial charge in [-0.2, -0.15) is 0 Å². The van der Waals surface area contributed by atoms with Gasteiger partial charge in [0.25, 0.3) is 0 Å². The minimum absolute atomic E-state index is 0.108. The highest BCUT2D eigenvalue weighted by Crippen LogP contribution is 2.35. The second kappa shape index (κ2) is 6.72. The van der Waals surface area contributed by atoms with Crippen molar-refractivity contribution in [2.75, 3.05) is 0 Å². The summed E-state index contributed by atoms with van der Waals surface area (Å²) >= 11 is 7.17. The summed E-state index contributed by atoms with van der Waals surface area (Å²) in [5, 5.41) is 0. The van der Waals surface area contributed by atoms with Crippen LogP contribution in [0.1, 0.15) is 19.4 Å². The number of hydrogen-bond acceptors (Lipinski definition) is 2. The van der Waals surface area contributed by atoms with Crippen molar-refractivity contribution in [1.29, 1.82) is 0 Å². The van der Waals surface area contributed by atoms with Crippen molar-refractivity contribution in [2.45, 2.75) is 18.6 Å². The van der Waals surface area contributed by atoms with Gasteiger partial charge in [-0.25, -0.2) is 0 Å². The summed E-state index contributed by atoms with van der Waals surface area (Å²) in [5.74, 6) is 0. The second-order valence-corrected chi connectivity index (χ2v) is 6.63. The van der Waals surface area contributed by atoms with Crippen LogP contribution in [0.2, 0.25) is 0 Å². The smallest absolute Gasteiger partial charge is 0.0786 e. The Kier molecular flexibility index (Phi) is 5.57. The Hall–Kier alpha value is -1.12. The average molecular weight is 274 g/mol. The molecule has 1 aromatic rings. The highest BCUT2D eigenvalue weighted by molar-refractivity contribution is 8.24. The van der Waals surface area contributed by atoms with Crippen LogP contribution in [-0.4, -0.2) is 8.94 Å². The van der Waals surface area contributed by atoms with Gasteiger partial charge in [0.2, 0.25) is 0 Å². The molecule has 0 saturated carbocycles. The van der Waals surface area contributed by atoms with E-state index in [-0.39, 0.29) is 4.75 Å². The van der Waals surface area contributed by atoms with E-state index in [4.69, 9.17) is 12.2 Å². The molecule has 0 unspecified atom stereocenters. The van der Waals surface area contributed by atoms with Crippen LogP contribution in [0.4, 0.5) is 0 Å². The zero-order valence-corrected chi connectivity index (χ0v) is 12.5. The molecule has 0 bridgehead atoms. The molecule has 0 N–H and O–H groups in total. The molecule has 0 nitrogen and oxygen atoms in total. The minimum Gasteiger partial charge on any atom is -0.103 e. The van der Waals surface area contributed by atoms with Crippen molar-refractivity contribution >= 4 is 28.2 Å². The molecule has 1 aromatic carbocycles. The molecule has 0 spiro atoms. The molecule has 0 aliphatic rings. The zero-order chi connectivity index (χ0) is 13.6. The fraction of sp³-hybridized carbons (Fsp3) is 0.188. The molecule has 0 saturated heterocycles. The summed E-state index contributed by atoms with van der Waals surface area (Å²) in [6.45, 7) is 11.9. The lowest BCUT2D eigenvalue weighted by molar-refractivity contribution is 0.863. The summed E-state index contributed by atoms with van der Waals surface area (Å²) in [4.78, 5) is 0. The van der Waals surface area contributed by atoms with Crippen molar-refractivity contribution in [3.8, 4) is 0 Å². The predicted molar refractivity (Wildman–Crippen MR) is 88.3 cm³/mol. The number of thioether (sulfide) groups is 1. The topological polar surface area (TPSA) is 0 Å². The molecular formula is C16H18S2. The molecule has 0 amide bonds. The standard InChI is InChI=1S/C16H18S2/c1-5-10-14(6-2)16(3,4)18-15(17)13-11-8-7-9-12-13/h5-12H,1-2H2,3-4H3/b14-10+. The van der Waals surface area contributed by atoms with Gasteiger partial charge in [-0.3, -0.25) is 0 Å². The highest BCUT2D eigenvalue weighted by Gasteiger charge is 2.24. The second-order valence-electron chi connectivity index (χ2n) is 4.33. The Morgan fingerprint density at radius 3 is 2.33 bits per heavy atom. The minimum atomic E-state index is -0.108. The van der Waals surface area contributed by atoms with E-state index in [9.17, 15) is 0 Å². The van der Waals surface area contributed by atoms with E-state index in [0.717, 1.165) is 15.3 Å².